The molecule has 3 nitrogen and oxygen atoms in total. The zero-order chi connectivity index (χ0) is 16.0. The number of ketones is 3. The molecule has 9 heteroatoms. The van der Waals surface area contributed by atoms with Crippen LogP contribution in [0.3, 0.4) is 0 Å². The number of carbonyl (C=O) groups is 3. The lowest BCUT2D eigenvalue weighted by atomic mass is 10.1. The first-order chi connectivity index (χ1) is 8.25. The average Bonchev–Trinajstić information content (AvgIpc) is 2.24. The third-order valence-corrected chi connectivity index (χ3v) is 1.71. The highest BCUT2D eigenvalue weighted by molar-refractivity contribution is 6.41. The van der Waals surface area contributed by atoms with E-state index in [-0.39, 0.29) is 5.92 Å². The fourth-order valence-corrected chi connectivity index (χ4v) is 0.666. The Kier molecular flexibility index (Phi) is 7.60. The van der Waals surface area contributed by atoms with Gasteiger partial charge in [0.15, 0.2) is 0 Å². The fraction of sp³-hybridized carbons (Fsp3) is 0.700. The van der Waals surface area contributed by atoms with E-state index in [2.05, 4.69) is 0 Å². The minimum atomic E-state index is -5.77. The number of carbonyl (C=O) groups excluding carboxylic acids is 3. The smallest absolute Gasteiger partial charge is 0.299 e. The van der Waals surface area contributed by atoms with E-state index in [1.165, 1.54) is 0 Å². The lowest BCUT2D eigenvalue weighted by Gasteiger charge is -2.05. The Morgan fingerprint density at radius 3 is 1.16 bits per heavy atom. The Labute approximate surface area is 105 Å². The van der Waals surface area contributed by atoms with Crippen LogP contribution >= 0.6 is 0 Å². The molecule has 0 aromatic rings. The van der Waals surface area contributed by atoms with Crippen molar-refractivity contribution in [2.75, 3.05) is 0 Å². The van der Waals surface area contributed by atoms with Crippen molar-refractivity contribution in [2.45, 2.75) is 39.5 Å². The molecule has 0 aromatic heterocycles. The van der Waals surface area contributed by atoms with E-state index >= 15 is 0 Å². The van der Waals surface area contributed by atoms with E-state index in [0.717, 1.165) is 0 Å². The summed E-state index contributed by atoms with van der Waals surface area (Å²) in [4.78, 5) is 29.7. The van der Waals surface area contributed by atoms with Gasteiger partial charge in [-0.05, 0) is 0 Å². The number of rotatable bonds is 3. The highest BCUT2D eigenvalue weighted by Crippen LogP contribution is 2.23. The van der Waals surface area contributed by atoms with E-state index in [1.807, 2.05) is 20.8 Å². The molecule has 0 aromatic carbocycles. The molecule has 0 unspecified atom stereocenters. The maximum Gasteiger partial charge on any atom is 0.458 e. The van der Waals surface area contributed by atoms with Gasteiger partial charge in [-0.2, -0.15) is 26.3 Å². The van der Waals surface area contributed by atoms with Crippen molar-refractivity contribution in [2.24, 2.45) is 5.92 Å². The normalized spacial score (nSPS) is 11.7. The second-order valence-corrected chi connectivity index (χ2v) is 3.63. The van der Waals surface area contributed by atoms with Crippen LogP contribution in [0.25, 0.3) is 0 Å². The molecule has 0 spiro atoms. The van der Waals surface area contributed by atoms with Crippen molar-refractivity contribution in [3.05, 3.63) is 0 Å². The van der Waals surface area contributed by atoms with Crippen molar-refractivity contribution < 1.29 is 40.7 Å². The van der Waals surface area contributed by atoms with Crippen LogP contribution in [-0.2, 0) is 14.4 Å². The van der Waals surface area contributed by atoms with Gasteiger partial charge in [0.2, 0.25) is 0 Å². The van der Waals surface area contributed by atoms with Crippen LogP contribution in [0.5, 0.6) is 0 Å². The molecule has 0 saturated carbocycles. The van der Waals surface area contributed by atoms with Gasteiger partial charge < -0.3 is 0 Å². The minimum absolute atomic E-state index is 0.227. The number of Topliss-reactive ketones (excluding diaryl/α,β-unsaturated/α-hetero) is 3. The van der Waals surface area contributed by atoms with E-state index in [4.69, 9.17) is 0 Å². The molecular weight excluding hydrogens is 282 g/mol. The zero-order valence-electron chi connectivity index (χ0n) is 10.3. The quantitative estimate of drug-likeness (QED) is 0.594. The average molecular weight is 294 g/mol. The van der Waals surface area contributed by atoms with Gasteiger partial charge >= 0.3 is 23.9 Å². The molecule has 0 aliphatic rings. The van der Waals surface area contributed by atoms with Crippen LogP contribution < -0.4 is 0 Å². The van der Waals surface area contributed by atoms with Gasteiger partial charge in [-0.1, -0.05) is 20.8 Å². The maximum atomic E-state index is 11.2. The molecule has 0 amide bonds. The number of hydrogen-bond donors (Lipinski definition) is 0. The summed E-state index contributed by atoms with van der Waals surface area (Å²) in [6.45, 7) is 5.74. The third kappa shape index (κ3) is 8.33. The van der Waals surface area contributed by atoms with Crippen LogP contribution in [0.2, 0.25) is 0 Å². The molecule has 0 heterocycles. The fourth-order valence-electron chi connectivity index (χ4n) is 0.666. The first-order valence-electron chi connectivity index (χ1n) is 5.00. The standard InChI is InChI=1S/C6H12O.C4F6O2/c1-4-6(7)5(2)3;5-3(6,7)1(11)2(12)4(8,9)10/h5H,4H2,1-3H3;. The minimum Gasteiger partial charge on any atom is -0.299 e. The highest BCUT2D eigenvalue weighted by atomic mass is 19.4. The predicted molar refractivity (Wildman–Crippen MR) is 52.3 cm³/mol. The molecule has 0 radical (unpaired) electrons. The Bertz CT molecular complexity index is 316. The summed E-state index contributed by atoms with van der Waals surface area (Å²) in [5, 5.41) is 0. The molecule has 19 heavy (non-hydrogen) atoms. The largest absolute Gasteiger partial charge is 0.458 e. The maximum absolute atomic E-state index is 11.2. The first-order valence-corrected chi connectivity index (χ1v) is 5.00. The molecule has 0 aliphatic carbocycles. The second-order valence-electron chi connectivity index (χ2n) is 3.63. The van der Waals surface area contributed by atoms with Gasteiger partial charge in [0, 0.05) is 12.3 Å². The molecule has 0 N–H and O–H groups in total. The zero-order valence-corrected chi connectivity index (χ0v) is 10.3. The van der Waals surface area contributed by atoms with Gasteiger partial charge in [0.05, 0.1) is 0 Å². The monoisotopic (exact) mass is 294 g/mol. The van der Waals surface area contributed by atoms with Gasteiger partial charge in [-0.3, -0.25) is 14.4 Å². The molecule has 0 bridgehead atoms. The van der Waals surface area contributed by atoms with Crippen molar-refractivity contribution in [3.8, 4) is 0 Å². The highest BCUT2D eigenvalue weighted by Gasteiger charge is 2.54. The molecule has 0 rings (SSSR count). The molecule has 0 fully saturated rings. The Hall–Kier alpha value is -1.41. The Morgan fingerprint density at radius 1 is 0.842 bits per heavy atom. The molecule has 112 valence electrons. The Balaban J connectivity index is 0. The predicted octanol–water partition coefficient (Wildman–Crippen LogP) is 2.87. The number of alkyl halides is 6. The lowest BCUT2D eigenvalue weighted by Crippen LogP contribution is -2.39. The summed E-state index contributed by atoms with van der Waals surface area (Å²) in [6.07, 6.45) is -10.9. The van der Waals surface area contributed by atoms with E-state index in [0.29, 0.717) is 12.2 Å². The summed E-state index contributed by atoms with van der Waals surface area (Å²) in [6, 6.07) is 0. The van der Waals surface area contributed by atoms with Crippen LogP contribution in [0, 0.1) is 5.92 Å². The van der Waals surface area contributed by atoms with Crippen molar-refractivity contribution in [1.82, 2.24) is 0 Å². The SMILES string of the molecule is CCC(=O)C(C)C.O=C(C(=O)C(F)(F)F)C(F)(F)F. The van der Waals surface area contributed by atoms with Gasteiger partial charge in [0.1, 0.15) is 5.78 Å². The first kappa shape index (κ1) is 19.9. The van der Waals surface area contributed by atoms with Crippen LogP contribution in [-0.4, -0.2) is 29.7 Å². The number of halogens is 6. The summed E-state index contributed by atoms with van der Waals surface area (Å²) < 4.78 is 67.0. The number of hydrogen-bond acceptors (Lipinski definition) is 3. The Morgan fingerprint density at radius 2 is 1.11 bits per heavy atom. The van der Waals surface area contributed by atoms with Gasteiger partial charge in [-0.25, -0.2) is 0 Å². The van der Waals surface area contributed by atoms with Crippen LogP contribution in [0.4, 0.5) is 26.3 Å². The van der Waals surface area contributed by atoms with E-state index in [9.17, 15) is 40.7 Å². The molecule has 0 saturated heterocycles. The van der Waals surface area contributed by atoms with E-state index < -0.39 is 23.9 Å². The van der Waals surface area contributed by atoms with Crippen LogP contribution in [0.15, 0.2) is 0 Å². The molecule has 0 aliphatic heterocycles. The summed E-state index contributed by atoms with van der Waals surface area (Å²) in [7, 11) is 0. The topological polar surface area (TPSA) is 51.2 Å². The van der Waals surface area contributed by atoms with Gasteiger partial charge in [-0.15, -0.1) is 0 Å². The third-order valence-electron chi connectivity index (χ3n) is 1.71. The summed E-state index contributed by atoms with van der Waals surface area (Å²) in [5.74, 6) is -6.24. The lowest BCUT2D eigenvalue weighted by molar-refractivity contribution is -0.193. The molecule has 0 atom stereocenters. The van der Waals surface area contributed by atoms with E-state index in [1.54, 1.807) is 0 Å². The second kappa shape index (κ2) is 7.25. The van der Waals surface area contributed by atoms with Crippen molar-refractivity contribution in [3.63, 3.8) is 0 Å². The molecular formula is C10H12F6O3. The van der Waals surface area contributed by atoms with Crippen LogP contribution in [0.1, 0.15) is 27.2 Å². The summed E-state index contributed by atoms with van der Waals surface area (Å²) in [5.41, 5.74) is 0. The van der Waals surface area contributed by atoms with Gasteiger partial charge in [0.25, 0.3) is 0 Å². The van der Waals surface area contributed by atoms with Crippen molar-refractivity contribution in [1.29, 1.82) is 0 Å². The summed E-state index contributed by atoms with van der Waals surface area (Å²) >= 11 is 0. The van der Waals surface area contributed by atoms with Crippen molar-refractivity contribution >= 4 is 17.3 Å².